The highest BCUT2D eigenvalue weighted by Crippen LogP contribution is 2.26. The molecule has 2 aromatic heterocycles. The number of nitrogens with zero attached hydrogens (tertiary/aromatic N) is 2. The largest absolute Gasteiger partial charge is 0.349 e. The number of aromatic amines is 1. The number of aryl methyl sites for hydroxylation is 2. The number of hydrogen-bond acceptors (Lipinski definition) is 4. The smallest absolute Gasteiger partial charge is 0.283 e. The predicted octanol–water partition coefficient (Wildman–Crippen LogP) is 6.25. The van der Waals surface area contributed by atoms with Gasteiger partial charge in [-0.2, -0.15) is 0 Å². The molecule has 5 aromatic rings. The van der Waals surface area contributed by atoms with Gasteiger partial charge in [-0.15, -0.1) is 0 Å². The fourth-order valence-corrected chi connectivity index (χ4v) is 5.03. The zero-order valence-electron chi connectivity index (χ0n) is 20.4. The maximum Gasteiger partial charge on any atom is 0.283 e. The topological polar surface area (TPSA) is 79.8 Å². The Kier molecular flexibility index (Phi) is 6.91. The number of carbonyl (C=O) groups is 1. The van der Waals surface area contributed by atoms with Crippen LogP contribution in [0.5, 0.6) is 0 Å². The maximum absolute atomic E-state index is 13.6. The lowest BCUT2D eigenvalue weighted by Crippen LogP contribution is -2.23. The average molecular weight is 497 g/mol. The Bertz CT molecular complexity index is 1580. The van der Waals surface area contributed by atoms with E-state index in [4.69, 9.17) is 4.98 Å². The second-order valence-corrected chi connectivity index (χ2v) is 9.84. The Labute approximate surface area is 213 Å². The van der Waals surface area contributed by atoms with Gasteiger partial charge >= 0.3 is 0 Å². The van der Waals surface area contributed by atoms with Crippen LogP contribution in [0.15, 0.2) is 82.7 Å². The second kappa shape index (κ2) is 10.4. The van der Waals surface area contributed by atoms with Gasteiger partial charge in [-0.1, -0.05) is 73.1 Å². The van der Waals surface area contributed by atoms with Crippen molar-refractivity contribution in [1.29, 1.82) is 0 Å². The van der Waals surface area contributed by atoms with Crippen LogP contribution in [-0.4, -0.2) is 26.2 Å². The monoisotopic (exact) mass is 496 g/mol. The standard InChI is InChI=1S/C29H28N4O2S/c1-3-4-7-20-12-14-21(15-13-20)30-25(34)18-36-29-32-26-23-8-5-6-9-24(23)31-27(26)28(35)33(29)22-16-10-19(2)11-17-22/h5-6,8-17,31H,3-4,7,18H2,1-2H3,(H,30,34). The summed E-state index contributed by atoms with van der Waals surface area (Å²) in [7, 11) is 0. The van der Waals surface area contributed by atoms with Gasteiger partial charge in [0.25, 0.3) is 5.56 Å². The Balaban J connectivity index is 1.44. The first kappa shape index (κ1) is 23.9. The number of amides is 1. The van der Waals surface area contributed by atoms with Crippen LogP contribution >= 0.6 is 11.8 Å². The molecule has 0 fully saturated rings. The van der Waals surface area contributed by atoms with Crippen molar-refractivity contribution >= 4 is 45.3 Å². The van der Waals surface area contributed by atoms with E-state index in [1.54, 1.807) is 4.57 Å². The average Bonchev–Trinajstić information content (AvgIpc) is 3.27. The number of aromatic nitrogens is 3. The first-order chi connectivity index (χ1) is 17.5. The molecule has 2 heterocycles. The molecular weight excluding hydrogens is 468 g/mol. The van der Waals surface area contributed by atoms with Crippen molar-refractivity contribution in [2.75, 3.05) is 11.1 Å². The van der Waals surface area contributed by atoms with Crippen LogP contribution in [0.4, 0.5) is 5.69 Å². The number of rotatable bonds is 8. The number of para-hydroxylation sites is 1. The van der Waals surface area contributed by atoms with E-state index in [9.17, 15) is 9.59 Å². The van der Waals surface area contributed by atoms with Gasteiger partial charge in [0.1, 0.15) is 11.0 Å². The third-order valence-electron chi connectivity index (χ3n) is 6.18. The highest BCUT2D eigenvalue weighted by molar-refractivity contribution is 7.99. The van der Waals surface area contributed by atoms with E-state index in [0.717, 1.165) is 41.4 Å². The minimum absolute atomic E-state index is 0.129. The lowest BCUT2D eigenvalue weighted by molar-refractivity contribution is -0.113. The van der Waals surface area contributed by atoms with Crippen LogP contribution in [0.2, 0.25) is 0 Å². The molecule has 6 nitrogen and oxygen atoms in total. The second-order valence-electron chi connectivity index (χ2n) is 8.90. The molecule has 1 amide bonds. The number of carbonyl (C=O) groups excluding carboxylic acids is 1. The Hall–Kier alpha value is -3.84. The summed E-state index contributed by atoms with van der Waals surface area (Å²) >= 11 is 1.25. The quantitative estimate of drug-likeness (QED) is 0.197. The third kappa shape index (κ3) is 4.93. The summed E-state index contributed by atoms with van der Waals surface area (Å²) in [5.74, 6) is -0.0194. The predicted molar refractivity (Wildman–Crippen MR) is 148 cm³/mol. The molecule has 5 rings (SSSR count). The van der Waals surface area contributed by atoms with E-state index < -0.39 is 0 Å². The summed E-state index contributed by atoms with van der Waals surface area (Å²) in [6, 6.07) is 23.4. The fraction of sp³-hybridized carbons (Fsp3) is 0.207. The van der Waals surface area contributed by atoms with Crippen LogP contribution in [0, 0.1) is 6.92 Å². The minimum atomic E-state index is -0.189. The van der Waals surface area contributed by atoms with Crippen molar-refractivity contribution in [3.8, 4) is 5.69 Å². The number of hydrogen-bond donors (Lipinski definition) is 2. The summed E-state index contributed by atoms with van der Waals surface area (Å²) in [5, 5.41) is 4.32. The normalized spacial score (nSPS) is 11.3. The summed E-state index contributed by atoms with van der Waals surface area (Å²) in [6.45, 7) is 4.18. The summed E-state index contributed by atoms with van der Waals surface area (Å²) in [5.41, 5.74) is 5.57. The van der Waals surface area contributed by atoms with Gasteiger partial charge in [0.15, 0.2) is 5.16 Å². The molecule has 0 aliphatic carbocycles. The number of unbranched alkanes of at least 4 members (excludes halogenated alkanes) is 1. The van der Waals surface area contributed by atoms with E-state index in [-0.39, 0.29) is 17.2 Å². The van der Waals surface area contributed by atoms with Crippen molar-refractivity contribution in [2.45, 2.75) is 38.3 Å². The maximum atomic E-state index is 13.6. The number of nitrogens with one attached hydrogen (secondary N) is 2. The lowest BCUT2D eigenvalue weighted by Gasteiger charge is -2.12. The molecule has 0 spiro atoms. The van der Waals surface area contributed by atoms with Crippen molar-refractivity contribution < 1.29 is 4.79 Å². The first-order valence-electron chi connectivity index (χ1n) is 12.2. The molecule has 3 aromatic carbocycles. The van der Waals surface area contributed by atoms with Crippen molar-refractivity contribution in [1.82, 2.24) is 14.5 Å². The van der Waals surface area contributed by atoms with Crippen LogP contribution in [-0.2, 0) is 11.2 Å². The summed E-state index contributed by atoms with van der Waals surface area (Å²) in [4.78, 5) is 34.5. The van der Waals surface area contributed by atoms with Crippen molar-refractivity contribution in [3.63, 3.8) is 0 Å². The zero-order valence-corrected chi connectivity index (χ0v) is 21.2. The van der Waals surface area contributed by atoms with Crippen LogP contribution in [0.1, 0.15) is 30.9 Å². The van der Waals surface area contributed by atoms with Crippen LogP contribution < -0.4 is 10.9 Å². The van der Waals surface area contributed by atoms with Gasteiger partial charge < -0.3 is 10.3 Å². The first-order valence-corrected chi connectivity index (χ1v) is 13.1. The molecule has 36 heavy (non-hydrogen) atoms. The molecule has 2 N–H and O–H groups in total. The molecule has 0 unspecified atom stereocenters. The summed E-state index contributed by atoms with van der Waals surface area (Å²) < 4.78 is 1.58. The van der Waals surface area contributed by atoms with E-state index in [0.29, 0.717) is 21.9 Å². The van der Waals surface area contributed by atoms with Gasteiger partial charge in [-0.25, -0.2) is 4.98 Å². The van der Waals surface area contributed by atoms with E-state index in [1.165, 1.54) is 17.3 Å². The number of anilines is 1. The van der Waals surface area contributed by atoms with Gasteiger partial charge in [-0.05, 0) is 55.7 Å². The third-order valence-corrected chi connectivity index (χ3v) is 7.11. The Morgan fingerprint density at radius 1 is 1.03 bits per heavy atom. The van der Waals surface area contributed by atoms with Crippen LogP contribution in [0.25, 0.3) is 27.6 Å². The number of fused-ring (bicyclic) bond motifs is 3. The van der Waals surface area contributed by atoms with Gasteiger partial charge in [-0.3, -0.25) is 14.2 Å². The SMILES string of the molecule is CCCCc1ccc(NC(=O)CSc2nc3c([nH]c4ccccc43)c(=O)n2-c2ccc(C)cc2)cc1. The number of H-pyrrole nitrogens is 1. The molecule has 7 heteroatoms. The van der Waals surface area contributed by atoms with E-state index in [2.05, 4.69) is 29.4 Å². The van der Waals surface area contributed by atoms with Crippen LogP contribution in [0.3, 0.4) is 0 Å². The van der Waals surface area contributed by atoms with Gasteiger partial charge in [0, 0.05) is 16.6 Å². The molecule has 0 saturated carbocycles. The Morgan fingerprint density at radius 2 is 1.78 bits per heavy atom. The lowest BCUT2D eigenvalue weighted by atomic mass is 10.1. The van der Waals surface area contributed by atoms with Crippen molar-refractivity contribution in [2.24, 2.45) is 0 Å². The number of thioether (sulfide) groups is 1. The molecule has 0 atom stereocenters. The molecule has 0 aliphatic heterocycles. The van der Waals surface area contributed by atoms with E-state index in [1.807, 2.05) is 67.6 Å². The molecule has 0 saturated heterocycles. The Morgan fingerprint density at radius 3 is 2.53 bits per heavy atom. The highest BCUT2D eigenvalue weighted by Gasteiger charge is 2.18. The molecule has 0 bridgehead atoms. The highest BCUT2D eigenvalue weighted by atomic mass is 32.2. The molecule has 0 radical (unpaired) electrons. The van der Waals surface area contributed by atoms with Crippen molar-refractivity contribution in [3.05, 3.63) is 94.3 Å². The zero-order chi connectivity index (χ0) is 25.1. The molecule has 0 aliphatic rings. The molecule has 182 valence electrons. The van der Waals surface area contributed by atoms with Gasteiger partial charge in [0.2, 0.25) is 5.91 Å². The summed E-state index contributed by atoms with van der Waals surface area (Å²) in [6.07, 6.45) is 3.35. The minimum Gasteiger partial charge on any atom is -0.349 e. The number of benzene rings is 3. The molecular formula is C29H28N4O2S. The van der Waals surface area contributed by atoms with Gasteiger partial charge in [0.05, 0.1) is 11.4 Å². The van der Waals surface area contributed by atoms with E-state index >= 15 is 0 Å². The fourth-order valence-electron chi connectivity index (χ4n) is 4.22.